The molecule has 0 spiro atoms. The first kappa shape index (κ1) is 17.0. The lowest BCUT2D eigenvalue weighted by molar-refractivity contribution is -0.136. The molecule has 130 valence electrons. The van der Waals surface area contributed by atoms with Crippen LogP contribution >= 0.6 is 11.6 Å². The fraction of sp³-hybridized carbons (Fsp3) is 0.562. The van der Waals surface area contributed by atoms with E-state index in [4.69, 9.17) is 11.6 Å². The number of nitrogens with zero attached hydrogens (tertiary/aromatic N) is 6. The Balaban J connectivity index is 1.54. The second kappa shape index (κ2) is 6.94. The van der Waals surface area contributed by atoms with Gasteiger partial charge in [0.1, 0.15) is 6.04 Å². The van der Waals surface area contributed by atoms with Gasteiger partial charge in [0.15, 0.2) is 0 Å². The van der Waals surface area contributed by atoms with Crippen molar-refractivity contribution in [1.82, 2.24) is 29.4 Å². The minimum atomic E-state index is -0.332. The van der Waals surface area contributed by atoms with Gasteiger partial charge in [-0.2, -0.15) is 10.2 Å². The Bertz CT molecular complexity index is 696. The summed E-state index contributed by atoms with van der Waals surface area (Å²) in [6.45, 7) is 7.78. The zero-order valence-corrected chi connectivity index (χ0v) is 15.1. The lowest BCUT2D eigenvalue weighted by Gasteiger charge is -2.35. The van der Waals surface area contributed by atoms with Crippen LogP contribution in [0, 0.1) is 6.92 Å². The summed E-state index contributed by atoms with van der Waals surface area (Å²) in [4.78, 5) is 16.9. The summed E-state index contributed by atoms with van der Waals surface area (Å²) in [6, 6.07) is -0.332. The highest BCUT2D eigenvalue weighted by Gasteiger charge is 2.26. The van der Waals surface area contributed by atoms with Gasteiger partial charge < -0.3 is 4.90 Å². The topological polar surface area (TPSA) is 59.2 Å². The summed E-state index contributed by atoms with van der Waals surface area (Å²) in [5.74, 6) is 0.0928. The number of carbonyl (C=O) groups excluding carboxylic acids is 1. The molecule has 24 heavy (non-hydrogen) atoms. The maximum absolute atomic E-state index is 12.7. The maximum atomic E-state index is 12.7. The van der Waals surface area contributed by atoms with Crippen molar-refractivity contribution >= 4 is 17.5 Å². The highest BCUT2D eigenvalue weighted by molar-refractivity contribution is 6.31. The van der Waals surface area contributed by atoms with Crippen LogP contribution in [-0.2, 0) is 18.4 Å². The Morgan fingerprint density at radius 1 is 1.29 bits per heavy atom. The standard InChI is InChI=1S/C16H23ClN6O/c1-12-15(17)11-23(19-12)13(2)16(24)22-6-4-21(5-7-22)10-14-8-18-20(3)9-14/h8-9,11,13H,4-7,10H2,1-3H3. The average molecular weight is 351 g/mol. The van der Waals surface area contributed by atoms with Gasteiger partial charge in [-0.3, -0.25) is 19.1 Å². The molecular formula is C16H23ClN6O. The van der Waals surface area contributed by atoms with E-state index >= 15 is 0 Å². The molecule has 1 atom stereocenters. The molecule has 1 aliphatic rings. The summed E-state index contributed by atoms with van der Waals surface area (Å²) < 4.78 is 3.47. The largest absolute Gasteiger partial charge is 0.338 e. The molecule has 7 nitrogen and oxygen atoms in total. The average Bonchev–Trinajstić information content (AvgIpc) is 3.12. The molecule has 0 radical (unpaired) electrons. The van der Waals surface area contributed by atoms with Gasteiger partial charge in [-0.15, -0.1) is 0 Å². The third-order valence-corrected chi connectivity index (χ3v) is 4.83. The van der Waals surface area contributed by atoms with Crippen LogP contribution < -0.4 is 0 Å². The van der Waals surface area contributed by atoms with E-state index in [2.05, 4.69) is 15.1 Å². The number of halogens is 1. The van der Waals surface area contributed by atoms with E-state index in [1.807, 2.05) is 42.9 Å². The van der Waals surface area contributed by atoms with Gasteiger partial charge in [0.25, 0.3) is 0 Å². The van der Waals surface area contributed by atoms with Crippen molar-refractivity contribution < 1.29 is 4.79 Å². The lowest BCUT2D eigenvalue weighted by atomic mass is 10.2. The molecule has 3 rings (SSSR count). The van der Waals surface area contributed by atoms with Crippen LogP contribution in [0.1, 0.15) is 24.2 Å². The van der Waals surface area contributed by atoms with Gasteiger partial charge in [-0.25, -0.2) is 0 Å². The maximum Gasteiger partial charge on any atom is 0.247 e. The highest BCUT2D eigenvalue weighted by atomic mass is 35.5. The lowest BCUT2D eigenvalue weighted by Crippen LogP contribution is -2.49. The monoisotopic (exact) mass is 350 g/mol. The third kappa shape index (κ3) is 3.62. The number of aromatic nitrogens is 4. The molecule has 1 saturated heterocycles. The third-order valence-electron chi connectivity index (χ3n) is 4.46. The molecule has 1 aliphatic heterocycles. The first-order valence-corrected chi connectivity index (χ1v) is 8.52. The summed E-state index contributed by atoms with van der Waals surface area (Å²) in [7, 11) is 1.92. The van der Waals surface area contributed by atoms with Crippen molar-refractivity contribution in [2.45, 2.75) is 26.4 Å². The Morgan fingerprint density at radius 3 is 2.54 bits per heavy atom. The molecule has 0 N–H and O–H groups in total. The summed E-state index contributed by atoms with van der Waals surface area (Å²) in [6.07, 6.45) is 5.64. The summed E-state index contributed by atoms with van der Waals surface area (Å²) in [5, 5.41) is 9.11. The van der Waals surface area contributed by atoms with Crippen LogP contribution in [0.5, 0.6) is 0 Å². The second-order valence-corrected chi connectivity index (χ2v) is 6.75. The minimum Gasteiger partial charge on any atom is -0.338 e. The van der Waals surface area contributed by atoms with E-state index < -0.39 is 0 Å². The molecule has 0 saturated carbocycles. The number of rotatable bonds is 4. The highest BCUT2D eigenvalue weighted by Crippen LogP contribution is 2.18. The first-order chi connectivity index (χ1) is 11.4. The fourth-order valence-corrected chi connectivity index (χ4v) is 3.11. The van der Waals surface area contributed by atoms with E-state index in [1.54, 1.807) is 10.9 Å². The molecule has 3 heterocycles. The normalized spacial score (nSPS) is 17.2. The van der Waals surface area contributed by atoms with Crippen LogP contribution in [0.4, 0.5) is 0 Å². The van der Waals surface area contributed by atoms with Gasteiger partial charge >= 0.3 is 0 Å². The minimum absolute atomic E-state index is 0.0928. The molecule has 1 unspecified atom stereocenters. The summed E-state index contributed by atoms with van der Waals surface area (Å²) in [5.41, 5.74) is 1.95. The van der Waals surface area contributed by atoms with E-state index in [0.717, 1.165) is 38.4 Å². The van der Waals surface area contributed by atoms with Gasteiger partial charge in [0.05, 0.1) is 16.9 Å². The number of amides is 1. The molecule has 0 bridgehead atoms. The number of piperazine rings is 1. The fourth-order valence-electron chi connectivity index (χ4n) is 2.97. The van der Waals surface area contributed by atoms with Crippen molar-refractivity contribution in [3.8, 4) is 0 Å². The van der Waals surface area contributed by atoms with Gasteiger partial charge in [0.2, 0.25) is 5.91 Å². The van der Waals surface area contributed by atoms with Gasteiger partial charge in [0, 0.05) is 57.7 Å². The van der Waals surface area contributed by atoms with Crippen molar-refractivity contribution in [1.29, 1.82) is 0 Å². The predicted molar refractivity (Wildman–Crippen MR) is 91.8 cm³/mol. The second-order valence-electron chi connectivity index (χ2n) is 6.34. The Kier molecular flexibility index (Phi) is 4.91. The van der Waals surface area contributed by atoms with Gasteiger partial charge in [-0.05, 0) is 13.8 Å². The molecule has 1 amide bonds. The van der Waals surface area contributed by atoms with Crippen LogP contribution in [0.3, 0.4) is 0 Å². The van der Waals surface area contributed by atoms with Crippen molar-refractivity contribution in [2.75, 3.05) is 26.2 Å². The molecule has 0 aliphatic carbocycles. The molecule has 2 aromatic heterocycles. The van der Waals surface area contributed by atoms with Crippen molar-refractivity contribution in [3.05, 3.63) is 34.9 Å². The quantitative estimate of drug-likeness (QED) is 0.838. The van der Waals surface area contributed by atoms with Crippen LogP contribution in [0.2, 0.25) is 5.02 Å². The van der Waals surface area contributed by atoms with Crippen LogP contribution in [-0.4, -0.2) is 61.4 Å². The zero-order valence-electron chi connectivity index (χ0n) is 14.3. The van der Waals surface area contributed by atoms with E-state index in [9.17, 15) is 4.79 Å². The first-order valence-electron chi connectivity index (χ1n) is 8.14. The van der Waals surface area contributed by atoms with Crippen molar-refractivity contribution in [2.24, 2.45) is 7.05 Å². The zero-order chi connectivity index (χ0) is 17.3. The van der Waals surface area contributed by atoms with E-state index in [-0.39, 0.29) is 11.9 Å². The Labute approximate surface area is 146 Å². The smallest absolute Gasteiger partial charge is 0.247 e. The van der Waals surface area contributed by atoms with Gasteiger partial charge in [-0.1, -0.05) is 11.6 Å². The van der Waals surface area contributed by atoms with Crippen LogP contribution in [0.15, 0.2) is 18.6 Å². The molecule has 1 fully saturated rings. The molecule has 8 heteroatoms. The number of hydrogen-bond acceptors (Lipinski definition) is 4. The summed E-state index contributed by atoms with van der Waals surface area (Å²) >= 11 is 6.04. The SMILES string of the molecule is Cc1nn(C(C)C(=O)N2CCN(Cc3cnn(C)c3)CC2)cc1Cl. The van der Waals surface area contributed by atoms with Crippen LogP contribution in [0.25, 0.3) is 0 Å². The Hall–Kier alpha value is -1.86. The van der Waals surface area contributed by atoms with E-state index in [1.165, 1.54) is 5.56 Å². The predicted octanol–water partition coefficient (Wildman–Crippen LogP) is 1.48. The molecular weight excluding hydrogens is 328 g/mol. The van der Waals surface area contributed by atoms with E-state index in [0.29, 0.717) is 5.02 Å². The molecule has 0 aromatic carbocycles. The number of aryl methyl sites for hydroxylation is 2. The Morgan fingerprint density at radius 2 is 2.00 bits per heavy atom. The van der Waals surface area contributed by atoms with Crippen molar-refractivity contribution in [3.63, 3.8) is 0 Å². The molecule has 2 aromatic rings. The number of hydrogen-bond donors (Lipinski definition) is 0. The number of carbonyl (C=O) groups is 1.